The van der Waals surface area contributed by atoms with Crippen LogP contribution in [0, 0.1) is 5.92 Å². The predicted octanol–water partition coefficient (Wildman–Crippen LogP) is 4.27. The van der Waals surface area contributed by atoms with Crippen LogP contribution in [0.1, 0.15) is 30.9 Å². The number of methoxy groups -OCH3 is 1. The summed E-state index contributed by atoms with van der Waals surface area (Å²) in [6.07, 6.45) is 2.42. The fraction of sp³-hybridized carbons (Fsp3) is 0.435. The van der Waals surface area contributed by atoms with Crippen molar-refractivity contribution in [1.29, 1.82) is 0 Å². The van der Waals surface area contributed by atoms with Crippen LogP contribution in [0.4, 0.5) is 10.5 Å². The Labute approximate surface area is 168 Å². The number of benzene rings is 2. The first kappa shape index (κ1) is 20.1. The zero-order chi connectivity index (χ0) is 20.1. The summed E-state index contributed by atoms with van der Waals surface area (Å²) in [6, 6.07) is 16.4. The van der Waals surface area contributed by atoms with Gasteiger partial charge in [-0.15, -0.1) is 0 Å². The van der Waals surface area contributed by atoms with Crippen molar-refractivity contribution in [3.05, 3.63) is 59.7 Å². The van der Waals surface area contributed by atoms with Crippen LogP contribution in [0.3, 0.4) is 0 Å². The molecule has 1 aliphatic rings. The van der Waals surface area contributed by atoms with Gasteiger partial charge in [0.05, 0.1) is 7.11 Å². The first-order valence-corrected chi connectivity index (χ1v) is 9.91. The SMILES string of the molecule is COc1ccc(CN(C(=O)NCc2ccc(N(C)C)cc2)C(C)C2CC2)cc1. The molecule has 1 unspecified atom stereocenters. The average molecular weight is 382 g/mol. The van der Waals surface area contributed by atoms with Crippen molar-refractivity contribution in [2.75, 3.05) is 26.1 Å². The second kappa shape index (κ2) is 9.00. The number of ether oxygens (including phenoxy) is 1. The van der Waals surface area contributed by atoms with Gasteiger partial charge in [0, 0.05) is 38.9 Å². The number of hydrogen-bond acceptors (Lipinski definition) is 3. The lowest BCUT2D eigenvalue weighted by atomic mass is 10.1. The van der Waals surface area contributed by atoms with Crippen molar-refractivity contribution in [3.63, 3.8) is 0 Å². The van der Waals surface area contributed by atoms with Crippen molar-refractivity contribution < 1.29 is 9.53 Å². The van der Waals surface area contributed by atoms with Gasteiger partial charge in [0.15, 0.2) is 0 Å². The molecule has 1 fully saturated rings. The lowest BCUT2D eigenvalue weighted by Crippen LogP contribution is -2.45. The summed E-state index contributed by atoms with van der Waals surface area (Å²) in [4.78, 5) is 17.0. The lowest BCUT2D eigenvalue weighted by Gasteiger charge is -2.30. The molecule has 2 amide bonds. The zero-order valence-corrected chi connectivity index (χ0v) is 17.3. The Morgan fingerprint density at radius 2 is 1.68 bits per heavy atom. The Morgan fingerprint density at radius 1 is 1.07 bits per heavy atom. The topological polar surface area (TPSA) is 44.8 Å². The first-order chi connectivity index (χ1) is 13.5. The van der Waals surface area contributed by atoms with Gasteiger partial charge in [-0.3, -0.25) is 0 Å². The standard InChI is InChI=1S/C23H31N3O2/c1-17(20-9-10-20)26(16-19-7-13-22(28-4)14-8-19)23(27)24-15-18-5-11-21(12-6-18)25(2)3/h5-8,11-14,17,20H,9-10,15-16H2,1-4H3,(H,24,27). The van der Waals surface area contributed by atoms with E-state index in [4.69, 9.17) is 4.74 Å². The summed E-state index contributed by atoms with van der Waals surface area (Å²) in [5, 5.41) is 3.10. The Hall–Kier alpha value is -2.69. The number of urea groups is 1. The third-order valence-corrected chi connectivity index (χ3v) is 5.47. The molecule has 3 rings (SSSR count). The van der Waals surface area contributed by atoms with E-state index in [0.717, 1.165) is 22.6 Å². The van der Waals surface area contributed by atoms with Gasteiger partial charge in [-0.05, 0) is 61.1 Å². The molecule has 0 radical (unpaired) electrons. The highest BCUT2D eigenvalue weighted by Crippen LogP contribution is 2.35. The number of carbonyl (C=O) groups is 1. The average Bonchev–Trinajstić information content (AvgIpc) is 3.56. The van der Waals surface area contributed by atoms with E-state index in [1.807, 2.05) is 43.3 Å². The summed E-state index contributed by atoms with van der Waals surface area (Å²) in [7, 11) is 5.70. The van der Waals surface area contributed by atoms with Crippen molar-refractivity contribution >= 4 is 11.7 Å². The van der Waals surface area contributed by atoms with Crippen LogP contribution < -0.4 is 15.0 Å². The van der Waals surface area contributed by atoms with E-state index in [0.29, 0.717) is 19.0 Å². The first-order valence-electron chi connectivity index (χ1n) is 9.91. The molecule has 5 nitrogen and oxygen atoms in total. The van der Waals surface area contributed by atoms with Gasteiger partial charge in [0.25, 0.3) is 0 Å². The van der Waals surface area contributed by atoms with Crippen molar-refractivity contribution in [2.45, 2.75) is 38.9 Å². The van der Waals surface area contributed by atoms with Crippen LogP contribution in [0.5, 0.6) is 5.75 Å². The van der Waals surface area contributed by atoms with Crippen LogP contribution in [0.15, 0.2) is 48.5 Å². The van der Waals surface area contributed by atoms with E-state index in [1.54, 1.807) is 7.11 Å². The van der Waals surface area contributed by atoms with Crippen LogP contribution >= 0.6 is 0 Å². The van der Waals surface area contributed by atoms with E-state index >= 15 is 0 Å². The van der Waals surface area contributed by atoms with Crippen LogP contribution in [-0.4, -0.2) is 38.2 Å². The second-order valence-corrected chi connectivity index (χ2v) is 7.77. The van der Waals surface area contributed by atoms with Gasteiger partial charge in [-0.1, -0.05) is 24.3 Å². The third kappa shape index (κ3) is 5.18. The minimum Gasteiger partial charge on any atom is -0.497 e. The second-order valence-electron chi connectivity index (χ2n) is 7.77. The van der Waals surface area contributed by atoms with Gasteiger partial charge in [0.2, 0.25) is 0 Å². The number of carbonyl (C=O) groups excluding carboxylic acids is 1. The largest absolute Gasteiger partial charge is 0.497 e. The minimum absolute atomic E-state index is 0.00750. The normalized spacial score (nSPS) is 14.3. The maximum Gasteiger partial charge on any atom is 0.318 e. The quantitative estimate of drug-likeness (QED) is 0.743. The highest BCUT2D eigenvalue weighted by Gasteiger charge is 2.34. The number of rotatable bonds is 8. The fourth-order valence-corrected chi connectivity index (χ4v) is 3.35. The summed E-state index contributed by atoms with van der Waals surface area (Å²) < 4.78 is 5.23. The molecule has 0 aromatic heterocycles. The molecule has 0 saturated heterocycles. The van der Waals surface area contributed by atoms with Crippen LogP contribution in [0.25, 0.3) is 0 Å². The van der Waals surface area contributed by atoms with Gasteiger partial charge >= 0.3 is 6.03 Å². The van der Waals surface area contributed by atoms with Crippen molar-refractivity contribution in [2.24, 2.45) is 5.92 Å². The highest BCUT2D eigenvalue weighted by atomic mass is 16.5. The third-order valence-electron chi connectivity index (χ3n) is 5.47. The molecule has 2 aromatic carbocycles. The molecule has 0 bridgehead atoms. The molecule has 0 spiro atoms. The van der Waals surface area contributed by atoms with Gasteiger partial charge in [-0.2, -0.15) is 0 Å². The van der Waals surface area contributed by atoms with Crippen LogP contribution in [0.2, 0.25) is 0 Å². The van der Waals surface area contributed by atoms with Gasteiger partial charge in [0.1, 0.15) is 5.75 Å². The molecular weight excluding hydrogens is 350 g/mol. The number of anilines is 1. The Balaban J connectivity index is 1.64. The summed E-state index contributed by atoms with van der Waals surface area (Å²) >= 11 is 0. The molecule has 0 heterocycles. The highest BCUT2D eigenvalue weighted by molar-refractivity contribution is 5.74. The zero-order valence-electron chi connectivity index (χ0n) is 17.3. The molecule has 150 valence electrons. The van der Waals surface area contributed by atoms with E-state index < -0.39 is 0 Å². The minimum atomic E-state index is -0.00750. The van der Waals surface area contributed by atoms with E-state index in [2.05, 4.69) is 41.4 Å². The van der Waals surface area contributed by atoms with Gasteiger partial charge < -0.3 is 19.9 Å². The molecule has 1 atom stereocenters. The van der Waals surface area contributed by atoms with E-state index in [9.17, 15) is 4.79 Å². The molecule has 2 aromatic rings. The fourth-order valence-electron chi connectivity index (χ4n) is 3.35. The molecule has 0 aliphatic heterocycles. The molecule has 28 heavy (non-hydrogen) atoms. The van der Waals surface area contributed by atoms with Crippen LogP contribution in [-0.2, 0) is 13.1 Å². The predicted molar refractivity (Wildman–Crippen MR) is 114 cm³/mol. The molecular formula is C23H31N3O2. The summed E-state index contributed by atoms with van der Waals surface area (Å²) in [5.74, 6) is 1.44. The summed E-state index contributed by atoms with van der Waals surface area (Å²) in [5.41, 5.74) is 3.36. The Bertz CT molecular complexity index is 767. The lowest BCUT2D eigenvalue weighted by molar-refractivity contribution is 0.167. The molecule has 5 heteroatoms. The van der Waals surface area contributed by atoms with E-state index in [-0.39, 0.29) is 12.1 Å². The van der Waals surface area contributed by atoms with E-state index in [1.165, 1.54) is 12.8 Å². The monoisotopic (exact) mass is 381 g/mol. The molecule has 1 saturated carbocycles. The number of amides is 2. The van der Waals surface area contributed by atoms with Gasteiger partial charge in [-0.25, -0.2) is 4.79 Å². The smallest absolute Gasteiger partial charge is 0.318 e. The number of hydrogen-bond donors (Lipinski definition) is 1. The van der Waals surface area contributed by atoms with Crippen molar-refractivity contribution in [1.82, 2.24) is 10.2 Å². The maximum absolute atomic E-state index is 13.0. The Morgan fingerprint density at radius 3 is 2.21 bits per heavy atom. The summed E-state index contributed by atoms with van der Waals surface area (Å²) in [6.45, 7) is 3.29. The number of nitrogens with zero attached hydrogens (tertiary/aromatic N) is 2. The number of nitrogens with one attached hydrogen (secondary N) is 1. The Kier molecular flexibility index (Phi) is 6.45. The molecule has 1 N–H and O–H groups in total. The van der Waals surface area contributed by atoms with Crippen molar-refractivity contribution in [3.8, 4) is 5.75 Å². The molecule has 1 aliphatic carbocycles. The maximum atomic E-state index is 13.0.